The minimum absolute atomic E-state index is 0.197. The van der Waals surface area contributed by atoms with E-state index in [-0.39, 0.29) is 5.91 Å². The first kappa shape index (κ1) is 18.7. The van der Waals surface area contributed by atoms with E-state index < -0.39 is 0 Å². The molecule has 4 rings (SSSR count). The second-order valence-corrected chi connectivity index (χ2v) is 7.90. The number of benzene rings is 2. The summed E-state index contributed by atoms with van der Waals surface area (Å²) in [5.41, 5.74) is 3.78. The Bertz CT molecular complexity index is 1190. The predicted octanol–water partition coefficient (Wildman–Crippen LogP) is 5.79. The molecule has 0 saturated heterocycles. The number of rotatable bonds is 4. The Hall–Kier alpha value is -2.64. The largest absolute Gasteiger partial charge is 0.497 e. The normalized spacial score (nSPS) is 10.8. The Labute approximate surface area is 178 Å². The van der Waals surface area contributed by atoms with Crippen LogP contribution in [0, 0.1) is 0 Å². The van der Waals surface area contributed by atoms with E-state index >= 15 is 0 Å². The Balaban J connectivity index is 1.63. The van der Waals surface area contributed by atoms with Crippen molar-refractivity contribution in [3.63, 3.8) is 0 Å². The molecule has 140 valence electrons. The number of ether oxygens (including phenoxy) is 1. The molecular formula is C21H15Br2N3O2. The molecule has 0 atom stereocenters. The standard InChI is InChI=1S/C21H15Br2N3O2/c1-28-17-7-3-5-14(9-17)21(27)24-16-6-2-4-13(8-16)19-12-26-11-15(22)10-18(23)20(26)25-19/h2-12H,1H3,(H,24,27). The van der Waals surface area contributed by atoms with Gasteiger partial charge in [-0.1, -0.05) is 18.2 Å². The maximum Gasteiger partial charge on any atom is 0.255 e. The minimum Gasteiger partial charge on any atom is -0.497 e. The first-order valence-corrected chi connectivity index (χ1v) is 10.0. The van der Waals surface area contributed by atoms with E-state index in [9.17, 15) is 4.79 Å². The molecule has 1 amide bonds. The molecule has 0 spiro atoms. The quantitative estimate of drug-likeness (QED) is 0.386. The number of carbonyl (C=O) groups is 1. The van der Waals surface area contributed by atoms with E-state index in [0.29, 0.717) is 17.0 Å². The SMILES string of the molecule is COc1cccc(C(=O)Nc2cccc(-c3cn4cc(Br)cc(Br)c4n3)c2)c1. The summed E-state index contributed by atoms with van der Waals surface area (Å²) in [6, 6.07) is 16.6. The molecule has 2 heterocycles. The second-order valence-electron chi connectivity index (χ2n) is 6.13. The van der Waals surface area contributed by atoms with Gasteiger partial charge >= 0.3 is 0 Å². The average molecular weight is 501 g/mol. The first-order valence-electron chi connectivity index (χ1n) is 8.43. The Kier molecular flexibility index (Phi) is 5.19. The van der Waals surface area contributed by atoms with Gasteiger partial charge in [0.05, 0.1) is 17.3 Å². The zero-order chi connectivity index (χ0) is 19.7. The maximum atomic E-state index is 12.6. The minimum atomic E-state index is -0.197. The lowest BCUT2D eigenvalue weighted by molar-refractivity contribution is 0.102. The molecular weight excluding hydrogens is 486 g/mol. The van der Waals surface area contributed by atoms with Crippen molar-refractivity contribution in [2.24, 2.45) is 0 Å². The van der Waals surface area contributed by atoms with Crippen LogP contribution in [0.15, 0.2) is 75.9 Å². The molecule has 0 unspecified atom stereocenters. The van der Waals surface area contributed by atoms with Gasteiger partial charge in [-0.2, -0.15) is 0 Å². The van der Waals surface area contributed by atoms with Crippen LogP contribution in [0.1, 0.15) is 10.4 Å². The highest BCUT2D eigenvalue weighted by Gasteiger charge is 2.11. The van der Waals surface area contributed by atoms with Gasteiger partial charge in [-0.05, 0) is 68.3 Å². The molecule has 5 nitrogen and oxygen atoms in total. The number of amides is 1. The van der Waals surface area contributed by atoms with Crippen molar-refractivity contribution >= 4 is 49.1 Å². The molecule has 0 aliphatic carbocycles. The summed E-state index contributed by atoms with van der Waals surface area (Å²) in [4.78, 5) is 17.2. The monoisotopic (exact) mass is 499 g/mol. The second kappa shape index (κ2) is 7.77. The molecule has 4 aromatic rings. The lowest BCUT2D eigenvalue weighted by Gasteiger charge is -2.08. The van der Waals surface area contributed by atoms with Crippen molar-refractivity contribution in [2.75, 3.05) is 12.4 Å². The third kappa shape index (κ3) is 3.81. The Morgan fingerprint density at radius 1 is 1.07 bits per heavy atom. The number of imidazole rings is 1. The molecule has 0 radical (unpaired) electrons. The summed E-state index contributed by atoms with van der Waals surface area (Å²) < 4.78 is 8.98. The number of nitrogens with one attached hydrogen (secondary N) is 1. The van der Waals surface area contributed by atoms with Gasteiger partial charge in [-0.25, -0.2) is 4.98 Å². The number of methoxy groups -OCH3 is 1. The lowest BCUT2D eigenvalue weighted by Crippen LogP contribution is -2.11. The van der Waals surface area contributed by atoms with Crippen LogP contribution >= 0.6 is 31.9 Å². The zero-order valence-electron chi connectivity index (χ0n) is 14.8. The smallest absolute Gasteiger partial charge is 0.255 e. The number of nitrogens with zero attached hydrogens (tertiary/aromatic N) is 2. The number of hydrogen-bond acceptors (Lipinski definition) is 3. The van der Waals surface area contributed by atoms with E-state index in [1.54, 1.807) is 31.4 Å². The summed E-state index contributed by atoms with van der Waals surface area (Å²) >= 11 is 7.02. The van der Waals surface area contributed by atoms with Crippen LogP contribution in [0.5, 0.6) is 5.75 Å². The van der Waals surface area contributed by atoms with Gasteiger partial charge in [0, 0.05) is 33.7 Å². The van der Waals surface area contributed by atoms with Gasteiger partial charge in [-0.3, -0.25) is 4.79 Å². The van der Waals surface area contributed by atoms with Gasteiger partial charge in [-0.15, -0.1) is 0 Å². The van der Waals surface area contributed by atoms with Crippen molar-refractivity contribution in [1.82, 2.24) is 9.38 Å². The van der Waals surface area contributed by atoms with E-state index in [1.165, 1.54) is 0 Å². The van der Waals surface area contributed by atoms with Crippen LogP contribution in [-0.2, 0) is 0 Å². The highest BCUT2D eigenvalue weighted by atomic mass is 79.9. The molecule has 0 bridgehead atoms. The van der Waals surface area contributed by atoms with E-state index in [0.717, 1.165) is 25.8 Å². The van der Waals surface area contributed by atoms with Crippen molar-refractivity contribution in [2.45, 2.75) is 0 Å². The fourth-order valence-electron chi connectivity index (χ4n) is 2.89. The number of halogens is 2. The van der Waals surface area contributed by atoms with Crippen LogP contribution in [-0.4, -0.2) is 22.4 Å². The van der Waals surface area contributed by atoms with Gasteiger partial charge in [0.1, 0.15) is 5.75 Å². The van der Waals surface area contributed by atoms with Crippen molar-refractivity contribution < 1.29 is 9.53 Å². The van der Waals surface area contributed by atoms with Crippen LogP contribution < -0.4 is 10.1 Å². The van der Waals surface area contributed by atoms with Crippen LogP contribution in [0.25, 0.3) is 16.9 Å². The molecule has 1 N–H and O–H groups in total. The number of fused-ring (bicyclic) bond motifs is 1. The molecule has 7 heteroatoms. The number of pyridine rings is 1. The number of carbonyl (C=O) groups excluding carboxylic acids is 1. The summed E-state index contributed by atoms with van der Waals surface area (Å²) in [5.74, 6) is 0.445. The summed E-state index contributed by atoms with van der Waals surface area (Å²) in [6.45, 7) is 0. The van der Waals surface area contributed by atoms with Gasteiger partial charge in [0.2, 0.25) is 0 Å². The van der Waals surface area contributed by atoms with Gasteiger partial charge in [0.15, 0.2) is 5.65 Å². The molecule has 0 saturated carbocycles. The van der Waals surface area contributed by atoms with Crippen molar-refractivity contribution in [3.05, 3.63) is 81.5 Å². The van der Waals surface area contributed by atoms with E-state index in [2.05, 4.69) is 37.2 Å². The Morgan fingerprint density at radius 2 is 1.89 bits per heavy atom. The first-order chi connectivity index (χ1) is 13.5. The topological polar surface area (TPSA) is 55.6 Å². The van der Waals surface area contributed by atoms with Crippen LogP contribution in [0.2, 0.25) is 0 Å². The number of aromatic nitrogens is 2. The number of anilines is 1. The molecule has 0 fully saturated rings. The van der Waals surface area contributed by atoms with Crippen molar-refractivity contribution in [1.29, 1.82) is 0 Å². The van der Waals surface area contributed by atoms with Crippen LogP contribution in [0.3, 0.4) is 0 Å². The van der Waals surface area contributed by atoms with Crippen molar-refractivity contribution in [3.8, 4) is 17.0 Å². The van der Waals surface area contributed by atoms with Crippen LogP contribution in [0.4, 0.5) is 5.69 Å². The fourth-order valence-corrected chi connectivity index (χ4v) is 4.18. The van der Waals surface area contributed by atoms with Gasteiger partial charge < -0.3 is 14.5 Å². The third-order valence-electron chi connectivity index (χ3n) is 4.22. The molecule has 0 aliphatic rings. The summed E-state index contributed by atoms with van der Waals surface area (Å²) in [7, 11) is 1.58. The molecule has 0 aliphatic heterocycles. The summed E-state index contributed by atoms with van der Waals surface area (Å²) in [5, 5.41) is 2.93. The van der Waals surface area contributed by atoms with E-state index in [1.807, 2.05) is 47.1 Å². The average Bonchev–Trinajstić information content (AvgIpc) is 3.13. The molecule has 28 heavy (non-hydrogen) atoms. The third-order valence-corrected chi connectivity index (χ3v) is 5.24. The molecule has 2 aromatic carbocycles. The van der Waals surface area contributed by atoms with E-state index in [4.69, 9.17) is 9.72 Å². The highest BCUT2D eigenvalue weighted by molar-refractivity contribution is 9.11. The molecule has 2 aromatic heterocycles. The summed E-state index contributed by atoms with van der Waals surface area (Å²) in [6.07, 6.45) is 3.90. The predicted molar refractivity (Wildman–Crippen MR) is 117 cm³/mol. The Morgan fingerprint density at radius 3 is 2.71 bits per heavy atom. The fraction of sp³-hybridized carbons (Fsp3) is 0.0476. The number of hydrogen-bond donors (Lipinski definition) is 1. The maximum absolute atomic E-state index is 12.6. The van der Waals surface area contributed by atoms with Gasteiger partial charge in [0.25, 0.3) is 5.91 Å². The highest BCUT2D eigenvalue weighted by Crippen LogP contribution is 2.27. The lowest BCUT2D eigenvalue weighted by atomic mass is 10.1. The zero-order valence-corrected chi connectivity index (χ0v) is 18.0.